The molecule has 1 N–H and O–H groups in total. The number of nitrogens with zero attached hydrogens (tertiary/aromatic N) is 4. The van der Waals surface area contributed by atoms with E-state index in [1.165, 1.54) is 11.3 Å². The number of thioether (sulfide) groups is 1. The van der Waals surface area contributed by atoms with Crippen LogP contribution in [-0.4, -0.2) is 31.9 Å². The van der Waals surface area contributed by atoms with Crippen LogP contribution in [0.4, 0.5) is 5.13 Å². The van der Waals surface area contributed by atoms with Gasteiger partial charge in [-0.05, 0) is 24.3 Å². The van der Waals surface area contributed by atoms with Crippen molar-refractivity contribution in [1.29, 1.82) is 0 Å². The SMILES string of the molecule is CSCc1nc2ccccc2n1CC(=O)Nc1nnc(CC(C)C)s1. The molecule has 0 aliphatic heterocycles. The number of rotatable bonds is 7. The van der Waals surface area contributed by atoms with E-state index in [1.54, 1.807) is 11.8 Å². The number of imidazole rings is 1. The highest BCUT2D eigenvalue weighted by Gasteiger charge is 2.15. The molecule has 2 heterocycles. The minimum absolute atomic E-state index is 0.113. The lowest BCUT2D eigenvalue weighted by Crippen LogP contribution is -2.20. The molecule has 0 saturated heterocycles. The highest BCUT2D eigenvalue weighted by molar-refractivity contribution is 7.97. The molecule has 132 valence electrons. The second kappa shape index (κ2) is 7.97. The van der Waals surface area contributed by atoms with E-state index in [0.717, 1.165) is 34.0 Å². The molecule has 8 heteroatoms. The van der Waals surface area contributed by atoms with Crippen LogP contribution in [0.15, 0.2) is 24.3 Å². The summed E-state index contributed by atoms with van der Waals surface area (Å²) in [5, 5.41) is 12.6. The van der Waals surface area contributed by atoms with Crippen molar-refractivity contribution in [2.75, 3.05) is 11.6 Å². The van der Waals surface area contributed by atoms with Crippen molar-refractivity contribution in [2.45, 2.75) is 32.6 Å². The third-order valence-electron chi connectivity index (χ3n) is 3.60. The Bertz CT molecular complexity index is 871. The van der Waals surface area contributed by atoms with Crippen molar-refractivity contribution < 1.29 is 4.79 Å². The average molecular weight is 376 g/mol. The molecule has 0 bridgehead atoms. The normalized spacial score (nSPS) is 11.4. The third kappa shape index (κ3) is 4.38. The standard InChI is InChI=1S/C17H21N5OS2/c1-11(2)8-16-20-21-17(25-16)19-15(23)9-22-13-7-5-4-6-12(13)18-14(22)10-24-3/h4-7,11H,8-10H2,1-3H3,(H,19,21,23). The molecule has 2 aromatic heterocycles. The van der Waals surface area contributed by atoms with Crippen LogP contribution in [0.2, 0.25) is 0 Å². The molecular formula is C17H21N5OS2. The smallest absolute Gasteiger partial charge is 0.246 e. The maximum absolute atomic E-state index is 12.5. The second-order valence-electron chi connectivity index (χ2n) is 6.18. The molecule has 0 unspecified atom stereocenters. The zero-order valence-electron chi connectivity index (χ0n) is 14.5. The van der Waals surface area contributed by atoms with Gasteiger partial charge in [0.25, 0.3) is 0 Å². The minimum Gasteiger partial charge on any atom is -0.318 e. The molecule has 0 aliphatic rings. The summed E-state index contributed by atoms with van der Waals surface area (Å²) < 4.78 is 1.97. The van der Waals surface area contributed by atoms with Crippen molar-refractivity contribution in [3.63, 3.8) is 0 Å². The van der Waals surface area contributed by atoms with Crippen molar-refractivity contribution >= 4 is 45.2 Å². The summed E-state index contributed by atoms with van der Waals surface area (Å²) in [6.45, 7) is 4.49. The molecule has 3 rings (SSSR count). The van der Waals surface area contributed by atoms with Crippen LogP contribution in [-0.2, 0) is 23.5 Å². The van der Waals surface area contributed by atoms with Gasteiger partial charge in [-0.15, -0.1) is 10.2 Å². The van der Waals surface area contributed by atoms with Crippen molar-refractivity contribution in [2.24, 2.45) is 5.92 Å². The number of nitrogens with one attached hydrogen (secondary N) is 1. The van der Waals surface area contributed by atoms with Gasteiger partial charge in [-0.2, -0.15) is 11.8 Å². The van der Waals surface area contributed by atoms with Gasteiger partial charge in [-0.1, -0.05) is 37.3 Å². The van der Waals surface area contributed by atoms with Crippen LogP contribution in [0.1, 0.15) is 24.7 Å². The summed E-state index contributed by atoms with van der Waals surface area (Å²) in [5.74, 6) is 2.07. The molecule has 1 amide bonds. The van der Waals surface area contributed by atoms with Crippen molar-refractivity contribution in [1.82, 2.24) is 19.7 Å². The topological polar surface area (TPSA) is 72.7 Å². The molecule has 0 fully saturated rings. The van der Waals surface area contributed by atoms with E-state index in [2.05, 4.69) is 34.3 Å². The minimum atomic E-state index is -0.113. The molecule has 25 heavy (non-hydrogen) atoms. The predicted molar refractivity (Wildman–Crippen MR) is 104 cm³/mol. The summed E-state index contributed by atoms with van der Waals surface area (Å²) in [6, 6.07) is 7.88. The lowest BCUT2D eigenvalue weighted by molar-refractivity contribution is -0.116. The van der Waals surface area contributed by atoms with Crippen LogP contribution in [0.5, 0.6) is 0 Å². The Morgan fingerprint density at radius 1 is 1.32 bits per heavy atom. The fraction of sp³-hybridized carbons (Fsp3) is 0.412. The van der Waals surface area contributed by atoms with Crippen LogP contribution in [0.25, 0.3) is 11.0 Å². The first-order valence-electron chi connectivity index (χ1n) is 8.12. The van der Waals surface area contributed by atoms with Gasteiger partial charge in [0.2, 0.25) is 11.0 Å². The predicted octanol–water partition coefficient (Wildman–Crippen LogP) is 3.59. The Morgan fingerprint density at radius 2 is 2.12 bits per heavy atom. The average Bonchev–Trinajstić information content (AvgIpc) is 3.12. The van der Waals surface area contributed by atoms with Crippen LogP contribution in [0.3, 0.4) is 0 Å². The van der Waals surface area contributed by atoms with Gasteiger partial charge in [0.1, 0.15) is 17.4 Å². The number of hydrogen-bond acceptors (Lipinski definition) is 6. The van der Waals surface area contributed by atoms with E-state index < -0.39 is 0 Å². The number of carbonyl (C=O) groups is 1. The maximum Gasteiger partial charge on any atom is 0.246 e. The molecule has 0 saturated carbocycles. The summed E-state index contributed by atoms with van der Waals surface area (Å²) >= 11 is 3.13. The third-order valence-corrected chi connectivity index (χ3v) is 5.01. The Hall–Kier alpha value is -1.93. The highest BCUT2D eigenvalue weighted by Crippen LogP contribution is 2.21. The van der Waals surface area contributed by atoms with Gasteiger partial charge in [0.15, 0.2) is 0 Å². The molecule has 0 aliphatic carbocycles. The number of para-hydroxylation sites is 2. The van der Waals surface area contributed by atoms with Crippen molar-refractivity contribution in [3.8, 4) is 0 Å². The quantitative estimate of drug-likeness (QED) is 0.683. The Labute approximate surface area is 155 Å². The number of aromatic nitrogens is 4. The summed E-state index contributed by atoms with van der Waals surface area (Å²) in [6.07, 6.45) is 2.90. The van der Waals surface area contributed by atoms with Gasteiger partial charge >= 0.3 is 0 Å². The molecule has 1 aromatic carbocycles. The van der Waals surface area contributed by atoms with Gasteiger partial charge in [0.05, 0.1) is 16.8 Å². The van der Waals surface area contributed by atoms with Crippen molar-refractivity contribution in [3.05, 3.63) is 35.1 Å². The van der Waals surface area contributed by atoms with E-state index in [1.807, 2.05) is 35.1 Å². The molecular weight excluding hydrogens is 354 g/mol. The van der Waals surface area contributed by atoms with Gasteiger partial charge in [-0.25, -0.2) is 4.98 Å². The summed E-state index contributed by atoms with van der Waals surface area (Å²) in [5.41, 5.74) is 1.88. The largest absolute Gasteiger partial charge is 0.318 e. The molecule has 3 aromatic rings. The molecule has 0 atom stereocenters. The van der Waals surface area contributed by atoms with E-state index in [4.69, 9.17) is 0 Å². The first-order valence-corrected chi connectivity index (χ1v) is 10.3. The van der Waals surface area contributed by atoms with E-state index in [-0.39, 0.29) is 12.5 Å². The second-order valence-corrected chi connectivity index (χ2v) is 8.11. The lowest BCUT2D eigenvalue weighted by atomic mass is 10.1. The number of benzene rings is 1. The first-order chi connectivity index (χ1) is 12.1. The monoisotopic (exact) mass is 375 g/mol. The van der Waals surface area contributed by atoms with E-state index in [0.29, 0.717) is 11.0 Å². The van der Waals surface area contributed by atoms with Crippen LogP contribution >= 0.6 is 23.1 Å². The Morgan fingerprint density at radius 3 is 2.88 bits per heavy atom. The zero-order chi connectivity index (χ0) is 17.8. The van der Waals surface area contributed by atoms with Gasteiger partial charge in [0, 0.05) is 6.42 Å². The highest BCUT2D eigenvalue weighted by atomic mass is 32.2. The molecule has 6 nitrogen and oxygen atoms in total. The lowest BCUT2D eigenvalue weighted by Gasteiger charge is -2.08. The fourth-order valence-corrected chi connectivity index (χ4v) is 4.03. The molecule has 0 spiro atoms. The summed E-state index contributed by atoms with van der Waals surface area (Å²) in [4.78, 5) is 17.1. The number of anilines is 1. The first kappa shape index (κ1) is 17.9. The van der Waals surface area contributed by atoms with Gasteiger partial charge < -0.3 is 4.57 Å². The van der Waals surface area contributed by atoms with Crippen LogP contribution in [0, 0.1) is 5.92 Å². The Kier molecular flexibility index (Phi) is 5.70. The fourth-order valence-electron chi connectivity index (χ4n) is 2.58. The number of carbonyl (C=O) groups excluding carboxylic acids is 1. The van der Waals surface area contributed by atoms with Crippen LogP contribution < -0.4 is 5.32 Å². The number of amides is 1. The zero-order valence-corrected chi connectivity index (χ0v) is 16.2. The van der Waals surface area contributed by atoms with E-state index in [9.17, 15) is 4.79 Å². The van der Waals surface area contributed by atoms with E-state index >= 15 is 0 Å². The maximum atomic E-state index is 12.5. The number of fused-ring (bicyclic) bond motifs is 1. The molecule has 0 radical (unpaired) electrons. The Balaban J connectivity index is 1.75. The summed E-state index contributed by atoms with van der Waals surface area (Å²) in [7, 11) is 0. The van der Waals surface area contributed by atoms with Gasteiger partial charge in [-0.3, -0.25) is 10.1 Å². The number of hydrogen-bond donors (Lipinski definition) is 1.